The summed E-state index contributed by atoms with van der Waals surface area (Å²) in [4.78, 5) is 37.8. The van der Waals surface area contributed by atoms with E-state index in [1.807, 2.05) is 18.2 Å². The van der Waals surface area contributed by atoms with E-state index in [0.717, 1.165) is 0 Å². The van der Waals surface area contributed by atoms with E-state index in [1.165, 1.54) is 0 Å². The van der Waals surface area contributed by atoms with Gasteiger partial charge in [0.25, 0.3) is 0 Å². The summed E-state index contributed by atoms with van der Waals surface area (Å²) in [7, 11) is 0. The number of benzene rings is 1. The number of likely N-dealkylation sites (tertiary alicyclic amines) is 1. The molecule has 7 nitrogen and oxygen atoms in total. The standard InChI is InChI=1S/C19H26N2O5/c1-19(2,3)26-16(22)13-25-17(23)14-8-7-11-21(12-14)18(24)20-15-9-5-4-6-10-15/h4-6,9-10,14H,7-8,11-13H2,1-3H3,(H,20,24). The second-order valence-electron chi connectivity index (χ2n) is 7.28. The van der Waals surface area contributed by atoms with Crippen LogP contribution in [0.4, 0.5) is 10.5 Å². The highest BCUT2D eigenvalue weighted by Gasteiger charge is 2.30. The molecule has 142 valence electrons. The Hall–Kier alpha value is -2.57. The number of ether oxygens (including phenoxy) is 2. The molecule has 1 aliphatic heterocycles. The Balaban J connectivity index is 1.82. The highest BCUT2D eigenvalue weighted by atomic mass is 16.6. The number of rotatable bonds is 4. The Kier molecular flexibility index (Phi) is 6.60. The van der Waals surface area contributed by atoms with Gasteiger partial charge in [-0.15, -0.1) is 0 Å². The van der Waals surface area contributed by atoms with E-state index < -0.39 is 30.1 Å². The maximum absolute atomic E-state index is 12.3. The lowest BCUT2D eigenvalue weighted by Gasteiger charge is -2.31. The van der Waals surface area contributed by atoms with E-state index >= 15 is 0 Å². The van der Waals surface area contributed by atoms with Gasteiger partial charge in [0.05, 0.1) is 5.92 Å². The molecule has 2 rings (SSSR count). The molecule has 1 N–H and O–H groups in total. The summed E-state index contributed by atoms with van der Waals surface area (Å²) in [5.74, 6) is -1.50. The predicted molar refractivity (Wildman–Crippen MR) is 96.6 cm³/mol. The zero-order chi connectivity index (χ0) is 19.2. The maximum atomic E-state index is 12.3. The first-order chi connectivity index (χ1) is 12.2. The number of carbonyl (C=O) groups is 3. The summed E-state index contributed by atoms with van der Waals surface area (Å²) < 4.78 is 10.2. The molecule has 0 bridgehead atoms. The molecule has 2 amide bonds. The number of para-hydroxylation sites is 1. The minimum atomic E-state index is -0.624. The van der Waals surface area contributed by atoms with Crippen molar-refractivity contribution in [1.82, 2.24) is 4.90 Å². The summed E-state index contributed by atoms with van der Waals surface area (Å²) in [5, 5.41) is 2.81. The number of nitrogens with zero attached hydrogens (tertiary/aromatic N) is 1. The average molecular weight is 362 g/mol. The predicted octanol–water partition coefficient (Wildman–Crippen LogP) is 2.82. The van der Waals surface area contributed by atoms with Crippen molar-refractivity contribution in [1.29, 1.82) is 0 Å². The summed E-state index contributed by atoms with van der Waals surface area (Å²) >= 11 is 0. The van der Waals surface area contributed by atoms with E-state index in [2.05, 4.69) is 5.32 Å². The van der Waals surface area contributed by atoms with Gasteiger partial charge in [-0.25, -0.2) is 9.59 Å². The lowest BCUT2D eigenvalue weighted by Crippen LogP contribution is -2.45. The zero-order valence-electron chi connectivity index (χ0n) is 15.5. The van der Waals surface area contributed by atoms with Crippen LogP contribution in [0.2, 0.25) is 0 Å². The Morgan fingerprint density at radius 3 is 2.54 bits per heavy atom. The van der Waals surface area contributed by atoms with Gasteiger partial charge >= 0.3 is 18.0 Å². The molecule has 1 aromatic carbocycles. The minimum absolute atomic E-state index is 0.249. The molecule has 0 aromatic heterocycles. The molecule has 1 aromatic rings. The van der Waals surface area contributed by atoms with Gasteiger partial charge in [-0.2, -0.15) is 0 Å². The summed E-state index contributed by atoms with van der Waals surface area (Å²) in [6, 6.07) is 8.89. The minimum Gasteiger partial charge on any atom is -0.457 e. The highest BCUT2D eigenvalue weighted by molar-refractivity contribution is 5.89. The van der Waals surface area contributed by atoms with E-state index in [1.54, 1.807) is 37.8 Å². The number of hydrogen-bond acceptors (Lipinski definition) is 5. The topological polar surface area (TPSA) is 84.9 Å². The molecule has 7 heteroatoms. The smallest absolute Gasteiger partial charge is 0.344 e. The van der Waals surface area contributed by atoms with Gasteiger partial charge in [-0.05, 0) is 45.7 Å². The van der Waals surface area contributed by atoms with Gasteiger partial charge in [0.2, 0.25) is 0 Å². The van der Waals surface area contributed by atoms with Crippen LogP contribution in [0.3, 0.4) is 0 Å². The van der Waals surface area contributed by atoms with Crippen LogP contribution in [-0.4, -0.2) is 48.2 Å². The number of esters is 2. The van der Waals surface area contributed by atoms with Crippen LogP contribution in [0.15, 0.2) is 30.3 Å². The first kappa shape index (κ1) is 19.8. The van der Waals surface area contributed by atoms with Crippen LogP contribution in [0, 0.1) is 5.92 Å². The largest absolute Gasteiger partial charge is 0.457 e. The van der Waals surface area contributed by atoms with Crippen molar-refractivity contribution in [2.45, 2.75) is 39.2 Å². The van der Waals surface area contributed by atoms with E-state index in [0.29, 0.717) is 25.1 Å². The highest BCUT2D eigenvalue weighted by Crippen LogP contribution is 2.19. The van der Waals surface area contributed by atoms with Gasteiger partial charge < -0.3 is 19.7 Å². The van der Waals surface area contributed by atoms with Crippen molar-refractivity contribution in [2.24, 2.45) is 5.92 Å². The van der Waals surface area contributed by atoms with Crippen molar-refractivity contribution in [3.05, 3.63) is 30.3 Å². The first-order valence-corrected chi connectivity index (χ1v) is 8.74. The van der Waals surface area contributed by atoms with Crippen molar-refractivity contribution in [2.75, 3.05) is 25.0 Å². The number of anilines is 1. The zero-order valence-corrected chi connectivity index (χ0v) is 15.5. The summed E-state index contributed by atoms with van der Waals surface area (Å²) in [6.45, 7) is 5.67. The van der Waals surface area contributed by atoms with E-state index in [4.69, 9.17) is 9.47 Å². The second kappa shape index (κ2) is 8.69. The summed E-state index contributed by atoms with van der Waals surface area (Å²) in [5.41, 5.74) is 0.0767. The number of amides is 2. The lowest BCUT2D eigenvalue weighted by atomic mass is 9.98. The second-order valence-corrected chi connectivity index (χ2v) is 7.28. The van der Waals surface area contributed by atoms with Crippen molar-refractivity contribution in [3.8, 4) is 0 Å². The number of nitrogens with one attached hydrogen (secondary N) is 1. The van der Waals surface area contributed by atoms with Crippen molar-refractivity contribution >= 4 is 23.7 Å². The molecular formula is C19H26N2O5. The Labute approximate surface area is 153 Å². The number of urea groups is 1. The molecule has 26 heavy (non-hydrogen) atoms. The Morgan fingerprint density at radius 1 is 1.19 bits per heavy atom. The third-order valence-corrected chi connectivity index (χ3v) is 3.82. The van der Waals surface area contributed by atoms with Gasteiger partial charge in [-0.1, -0.05) is 18.2 Å². The fourth-order valence-corrected chi connectivity index (χ4v) is 2.70. The van der Waals surface area contributed by atoms with E-state index in [-0.39, 0.29) is 12.6 Å². The lowest BCUT2D eigenvalue weighted by molar-refractivity contribution is -0.168. The average Bonchev–Trinajstić information content (AvgIpc) is 2.59. The number of piperidine rings is 1. The Morgan fingerprint density at radius 2 is 1.88 bits per heavy atom. The van der Waals surface area contributed by atoms with Gasteiger partial charge in [0.1, 0.15) is 5.60 Å². The summed E-state index contributed by atoms with van der Waals surface area (Å²) in [6.07, 6.45) is 1.33. The molecule has 1 unspecified atom stereocenters. The fourth-order valence-electron chi connectivity index (χ4n) is 2.70. The van der Waals surface area contributed by atoms with Gasteiger partial charge in [0.15, 0.2) is 6.61 Å². The van der Waals surface area contributed by atoms with Crippen molar-refractivity contribution < 1.29 is 23.9 Å². The van der Waals surface area contributed by atoms with Gasteiger partial charge in [0, 0.05) is 18.8 Å². The van der Waals surface area contributed by atoms with Crippen LogP contribution in [-0.2, 0) is 19.1 Å². The Bertz CT molecular complexity index is 639. The SMILES string of the molecule is CC(C)(C)OC(=O)COC(=O)C1CCCN(C(=O)Nc2ccccc2)C1. The van der Waals surface area contributed by atoms with Crippen LogP contribution in [0.1, 0.15) is 33.6 Å². The normalized spacial score (nSPS) is 17.3. The molecule has 0 saturated carbocycles. The van der Waals surface area contributed by atoms with Gasteiger partial charge in [-0.3, -0.25) is 4.79 Å². The molecule has 0 radical (unpaired) electrons. The van der Waals surface area contributed by atoms with Crippen LogP contribution in [0.25, 0.3) is 0 Å². The van der Waals surface area contributed by atoms with E-state index in [9.17, 15) is 14.4 Å². The van der Waals surface area contributed by atoms with Crippen LogP contribution in [0.5, 0.6) is 0 Å². The van der Waals surface area contributed by atoms with Crippen LogP contribution < -0.4 is 5.32 Å². The molecule has 1 heterocycles. The molecule has 0 spiro atoms. The third-order valence-electron chi connectivity index (χ3n) is 3.82. The molecule has 1 saturated heterocycles. The molecule has 1 atom stereocenters. The quantitative estimate of drug-likeness (QED) is 0.833. The fraction of sp³-hybridized carbons (Fsp3) is 0.526. The molecular weight excluding hydrogens is 336 g/mol. The first-order valence-electron chi connectivity index (χ1n) is 8.74. The number of carbonyl (C=O) groups excluding carboxylic acids is 3. The van der Waals surface area contributed by atoms with Crippen LogP contribution >= 0.6 is 0 Å². The molecule has 1 aliphatic rings. The number of hydrogen-bond donors (Lipinski definition) is 1. The molecule has 1 fully saturated rings. The maximum Gasteiger partial charge on any atom is 0.344 e. The third kappa shape index (κ3) is 6.38. The monoisotopic (exact) mass is 362 g/mol. The molecule has 0 aliphatic carbocycles. The van der Waals surface area contributed by atoms with Crippen molar-refractivity contribution in [3.63, 3.8) is 0 Å².